The second-order valence-corrected chi connectivity index (χ2v) is 6.66. The lowest BCUT2D eigenvalue weighted by atomic mass is 10.1. The van der Waals surface area contributed by atoms with Gasteiger partial charge in [-0.25, -0.2) is 0 Å². The van der Waals surface area contributed by atoms with E-state index in [1.54, 1.807) is 24.3 Å². The molecule has 5 nitrogen and oxygen atoms in total. The van der Waals surface area contributed by atoms with Crippen molar-refractivity contribution < 1.29 is 27.5 Å². The molecule has 0 radical (unpaired) electrons. The third-order valence-electron chi connectivity index (χ3n) is 4.18. The highest BCUT2D eigenvalue weighted by atomic mass is 35.5. The number of anilines is 2. The first kappa shape index (κ1) is 20.0. The molecule has 0 bridgehead atoms. The highest BCUT2D eigenvalue weighted by molar-refractivity contribution is 6.30. The molecule has 9 heteroatoms. The van der Waals surface area contributed by atoms with Gasteiger partial charge < -0.3 is 15.0 Å². The Balaban J connectivity index is 1.59. The Hall–Kier alpha value is -2.74. The summed E-state index contributed by atoms with van der Waals surface area (Å²) >= 11 is 5.85. The first-order valence-corrected chi connectivity index (χ1v) is 8.78. The van der Waals surface area contributed by atoms with Gasteiger partial charge in [0.25, 0.3) is 0 Å². The fraction of sp³-hybridized carbons (Fsp3) is 0.263. The molecule has 28 heavy (non-hydrogen) atoms. The van der Waals surface area contributed by atoms with Gasteiger partial charge in [0, 0.05) is 22.9 Å². The van der Waals surface area contributed by atoms with Gasteiger partial charge in [-0.1, -0.05) is 11.6 Å². The predicted molar refractivity (Wildman–Crippen MR) is 98.5 cm³/mol. The second kappa shape index (κ2) is 8.10. The number of ether oxygens (including phenoxy) is 1. The molecule has 1 heterocycles. The summed E-state index contributed by atoms with van der Waals surface area (Å²) in [5.41, 5.74) is 1.03. The average Bonchev–Trinajstić information content (AvgIpc) is 3.03. The number of nitrogens with one attached hydrogen (secondary N) is 1. The molecule has 1 N–H and O–H groups in total. The zero-order chi connectivity index (χ0) is 20.3. The number of carbonyl (C=O) groups is 2. The van der Waals surface area contributed by atoms with Gasteiger partial charge in [0.15, 0.2) is 6.61 Å². The van der Waals surface area contributed by atoms with Crippen LogP contribution in [-0.2, 0) is 9.59 Å². The van der Waals surface area contributed by atoms with Gasteiger partial charge in [-0.3, -0.25) is 9.59 Å². The molecular weight excluding hydrogens is 397 g/mol. The van der Waals surface area contributed by atoms with Crippen molar-refractivity contribution in [2.75, 3.05) is 23.4 Å². The molecule has 1 saturated heterocycles. The third kappa shape index (κ3) is 4.95. The van der Waals surface area contributed by atoms with Crippen LogP contribution in [0, 0.1) is 5.92 Å². The van der Waals surface area contributed by atoms with E-state index in [-0.39, 0.29) is 11.7 Å². The van der Waals surface area contributed by atoms with Crippen LogP contribution < -0.4 is 15.0 Å². The smallest absolute Gasteiger partial charge is 0.422 e. The molecule has 3 rings (SSSR count). The van der Waals surface area contributed by atoms with Crippen LogP contribution in [0.1, 0.15) is 6.42 Å². The molecule has 1 aliphatic rings. The van der Waals surface area contributed by atoms with Crippen molar-refractivity contribution in [2.24, 2.45) is 5.92 Å². The van der Waals surface area contributed by atoms with Crippen molar-refractivity contribution in [2.45, 2.75) is 12.6 Å². The molecule has 1 atom stereocenters. The lowest BCUT2D eigenvalue weighted by Crippen LogP contribution is -2.33. The number of nitrogens with zero attached hydrogens (tertiary/aromatic N) is 1. The quantitative estimate of drug-likeness (QED) is 0.746. The van der Waals surface area contributed by atoms with E-state index in [1.807, 2.05) is 0 Å². The summed E-state index contributed by atoms with van der Waals surface area (Å²) < 4.78 is 41.1. The first-order chi connectivity index (χ1) is 13.2. The van der Waals surface area contributed by atoms with Crippen LogP contribution in [0.25, 0.3) is 0 Å². The SMILES string of the molecule is O=C(Nc1ccc(OCC(F)(F)F)cc1)C1CCN(c2ccc(Cl)cc2)C1=O. The minimum atomic E-state index is -4.42. The average molecular weight is 413 g/mol. The van der Waals surface area contributed by atoms with Crippen LogP contribution in [0.2, 0.25) is 5.02 Å². The summed E-state index contributed by atoms with van der Waals surface area (Å²) in [4.78, 5) is 26.5. The topological polar surface area (TPSA) is 58.6 Å². The van der Waals surface area contributed by atoms with Crippen molar-refractivity contribution in [3.63, 3.8) is 0 Å². The standard InChI is InChI=1S/C19H16ClF3N2O3/c20-12-1-5-14(6-2-12)25-10-9-16(18(25)27)17(26)24-13-3-7-15(8-4-13)28-11-19(21,22)23/h1-8,16H,9-11H2,(H,24,26). The molecule has 2 aromatic rings. The Bertz CT molecular complexity index is 854. The Morgan fingerprint density at radius 2 is 1.79 bits per heavy atom. The maximum absolute atomic E-state index is 12.6. The molecule has 0 aromatic heterocycles. The van der Waals surface area contributed by atoms with E-state index in [0.29, 0.717) is 29.4 Å². The lowest BCUT2D eigenvalue weighted by Gasteiger charge is -2.17. The van der Waals surface area contributed by atoms with E-state index >= 15 is 0 Å². The van der Waals surface area contributed by atoms with Gasteiger partial charge in [-0.15, -0.1) is 0 Å². The number of rotatable bonds is 5. The monoisotopic (exact) mass is 412 g/mol. The molecule has 0 aliphatic carbocycles. The van der Waals surface area contributed by atoms with Crippen molar-refractivity contribution in [1.82, 2.24) is 0 Å². The lowest BCUT2D eigenvalue weighted by molar-refractivity contribution is -0.153. The Morgan fingerprint density at radius 1 is 1.14 bits per heavy atom. The summed E-state index contributed by atoms with van der Waals surface area (Å²) in [6.45, 7) is -0.988. The maximum Gasteiger partial charge on any atom is 0.422 e. The Morgan fingerprint density at radius 3 is 2.39 bits per heavy atom. The molecule has 0 spiro atoms. The van der Waals surface area contributed by atoms with Crippen LogP contribution in [-0.4, -0.2) is 31.1 Å². The Labute approximate surface area is 164 Å². The summed E-state index contributed by atoms with van der Waals surface area (Å²) in [6.07, 6.45) is -4.06. The number of halogens is 4. The molecular formula is C19H16ClF3N2O3. The van der Waals surface area contributed by atoms with E-state index in [4.69, 9.17) is 11.6 Å². The number of hydrogen-bond acceptors (Lipinski definition) is 3. The van der Waals surface area contributed by atoms with Gasteiger partial charge in [0.05, 0.1) is 0 Å². The van der Waals surface area contributed by atoms with Gasteiger partial charge >= 0.3 is 6.18 Å². The summed E-state index contributed by atoms with van der Waals surface area (Å²) in [5, 5.41) is 3.16. The van der Waals surface area contributed by atoms with E-state index in [2.05, 4.69) is 10.1 Å². The van der Waals surface area contributed by atoms with Gasteiger partial charge in [0.1, 0.15) is 11.7 Å². The van der Waals surface area contributed by atoms with E-state index in [1.165, 1.54) is 29.2 Å². The van der Waals surface area contributed by atoms with Gasteiger partial charge in [-0.2, -0.15) is 13.2 Å². The van der Waals surface area contributed by atoms with E-state index in [9.17, 15) is 22.8 Å². The Kier molecular flexibility index (Phi) is 5.79. The fourth-order valence-corrected chi connectivity index (χ4v) is 2.96. The number of alkyl halides is 3. The van der Waals surface area contributed by atoms with Crippen LogP contribution in [0.4, 0.5) is 24.5 Å². The molecule has 0 saturated carbocycles. The minimum Gasteiger partial charge on any atom is -0.484 e. The molecule has 148 valence electrons. The fourth-order valence-electron chi connectivity index (χ4n) is 2.83. The molecule has 1 aliphatic heterocycles. The maximum atomic E-state index is 12.6. The summed E-state index contributed by atoms with van der Waals surface area (Å²) in [7, 11) is 0. The number of benzene rings is 2. The first-order valence-electron chi connectivity index (χ1n) is 8.40. The normalized spacial score (nSPS) is 16.9. The summed E-state index contributed by atoms with van der Waals surface area (Å²) in [6, 6.07) is 12.2. The van der Waals surface area contributed by atoms with Crippen LogP contribution in [0.15, 0.2) is 48.5 Å². The van der Waals surface area contributed by atoms with Crippen molar-refractivity contribution in [3.05, 3.63) is 53.6 Å². The molecule has 1 unspecified atom stereocenters. The minimum absolute atomic E-state index is 0.0289. The highest BCUT2D eigenvalue weighted by Crippen LogP contribution is 2.27. The van der Waals surface area contributed by atoms with Crippen LogP contribution >= 0.6 is 11.6 Å². The number of hydrogen-bond donors (Lipinski definition) is 1. The molecule has 1 fully saturated rings. The number of carbonyl (C=O) groups excluding carboxylic acids is 2. The number of amides is 2. The van der Waals surface area contributed by atoms with Crippen LogP contribution in [0.5, 0.6) is 5.75 Å². The summed E-state index contributed by atoms with van der Waals surface area (Å²) in [5.74, 6) is -1.59. The van der Waals surface area contributed by atoms with Crippen molar-refractivity contribution in [1.29, 1.82) is 0 Å². The second-order valence-electron chi connectivity index (χ2n) is 6.23. The predicted octanol–water partition coefficient (Wildman–Crippen LogP) is 4.27. The molecule has 2 amide bonds. The van der Waals surface area contributed by atoms with E-state index in [0.717, 1.165) is 0 Å². The van der Waals surface area contributed by atoms with Crippen molar-refractivity contribution >= 4 is 34.8 Å². The largest absolute Gasteiger partial charge is 0.484 e. The third-order valence-corrected chi connectivity index (χ3v) is 4.44. The van der Waals surface area contributed by atoms with Gasteiger partial charge in [0.2, 0.25) is 11.8 Å². The van der Waals surface area contributed by atoms with Crippen LogP contribution in [0.3, 0.4) is 0 Å². The van der Waals surface area contributed by atoms with Crippen molar-refractivity contribution in [3.8, 4) is 5.75 Å². The molecule has 2 aromatic carbocycles. The van der Waals surface area contributed by atoms with E-state index < -0.39 is 24.6 Å². The highest BCUT2D eigenvalue weighted by Gasteiger charge is 2.37. The zero-order valence-corrected chi connectivity index (χ0v) is 15.3. The van der Waals surface area contributed by atoms with Gasteiger partial charge in [-0.05, 0) is 55.0 Å². The zero-order valence-electron chi connectivity index (χ0n) is 14.5.